The van der Waals surface area contributed by atoms with E-state index in [4.69, 9.17) is 23.2 Å². The van der Waals surface area contributed by atoms with E-state index in [1.165, 1.54) is 5.54 Å². The molecule has 0 aliphatic rings. The van der Waals surface area contributed by atoms with Gasteiger partial charge in [0.25, 0.3) is 0 Å². The van der Waals surface area contributed by atoms with E-state index < -0.39 is 0 Å². The average molecular weight is 191 g/mol. The van der Waals surface area contributed by atoms with E-state index in [0.29, 0.717) is 11.6 Å². The third-order valence-electron chi connectivity index (χ3n) is 1.19. The van der Waals surface area contributed by atoms with Crippen LogP contribution in [0, 0.1) is 6.92 Å². The van der Waals surface area contributed by atoms with Crippen LogP contribution in [0.2, 0.25) is 0 Å². The van der Waals surface area contributed by atoms with Gasteiger partial charge in [0, 0.05) is 11.7 Å². The quantitative estimate of drug-likeness (QED) is 0.702. The highest BCUT2D eigenvalue weighted by molar-refractivity contribution is 6.36. The lowest BCUT2D eigenvalue weighted by Crippen LogP contribution is -1.97. The van der Waals surface area contributed by atoms with Gasteiger partial charge in [-0.15, -0.1) is 0 Å². The highest BCUT2D eigenvalue weighted by Gasteiger charge is 1.95. The van der Waals surface area contributed by atoms with Crippen molar-refractivity contribution in [1.29, 1.82) is 0 Å². The second-order valence-corrected chi connectivity index (χ2v) is 2.97. The fraction of sp³-hybridized carbons (Fsp3) is 0.286. The number of halogens is 2. The molecule has 0 fully saturated rings. The largest absolute Gasteiger partial charge is 0.267 e. The maximum Gasteiger partial charge on any atom is 0.0774 e. The number of nitrogens with zero attached hydrogens (tertiary/aromatic N) is 2. The molecular weight excluding hydrogens is 183 g/mol. The predicted molar refractivity (Wildman–Crippen MR) is 46.8 cm³/mol. The molecule has 0 saturated heterocycles. The molecule has 0 unspecified atom stereocenters. The van der Waals surface area contributed by atoms with Gasteiger partial charge in [-0.1, -0.05) is 23.2 Å². The van der Waals surface area contributed by atoms with Crippen LogP contribution in [0.4, 0.5) is 0 Å². The molecule has 0 aliphatic carbocycles. The molecule has 0 aromatic carbocycles. The van der Waals surface area contributed by atoms with Crippen molar-refractivity contribution in [2.75, 3.05) is 0 Å². The molecule has 0 atom stereocenters. The fourth-order valence-electron chi connectivity index (χ4n) is 0.743. The smallest absolute Gasteiger partial charge is 0.0774 e. The molecular formula is C7H8Cl2N2. The maximum absolute atomic E-state index is 5.68. The van der Waals surface area contributed by atoms with Crippen LogP contribution >= 0.6 is 23.2 Å². The summed E-state index contributed by atoms with van der Waals surface area (Å²) in [6.07, 6.45) is 3.68. The second kappa shape index (κ2) is 3.79. The molecule has 60 valence electrons. The summed E-state index contributed by atoms with van der Waals surface area (Å²) >= 11 is 11.1. The molecule has 0 spiro atoms. The lowest BCUT2D eigenvalue weighted by Gasteiger charge is -1.96. The fourth-order valence-corrected chi connectivity index (χ4v) is 0.934. The zero-order valence-corrected chi connectivity index (χ0v) is 7.60. The first-order chi connectivity index (χ1) is 5.22. The highest BCUT2D eigenvalue weighted by atomic mass is 35.5. The Morgan fingerprint density at radius 1 is 1.82 bits per heavy atom. The Bertz CT molecular complexity index is 265. The highest BCUT2D eigenvalue weighted by Crippen LogP contribution is 2.06. The van der Waals surface area contributed by atoms with Crippen LogP contribution in [0.3, 0.4) is 0 Å². The zero-order valence-electron chi connectivity index (χ0n) is 6.09. The molecule has 11 heavy (non-hydrogen) atoms. The van der Waals surface area contributed by atoms with Gasteiger partial charge in [-0.25, -0.2) is 0 Å². The first-order valence-electron chi connectivity index (χ1n) is 3.16. The van der Waals surface area contributed by atoms with Crippen molar-refractivity contribution in [3.05, 3.63) is 28.5 Å². The van der Waals surface area contributed by atoms with Crippen LogP contribution < -0.4 is 0 Å². The minimum Gasteiger partial charge on any atom is -0.267 e. The van der Waals surface area contributed by atoms with Crippen LogP contribution in [0.5, 0.6) is 0 Å². The van der Waals surface area contributed by atoms with E-state index in [9.17, 15) is 0 Å². The van der Waals surface area contributed by atoms with Gasteiger partial charge in [0.05, 0.1) is 17.8 Å². The molecule has 1 heterocycles. The van der Waals surface area contributed by atoms with Crippen LogP contribution in [-0.2, 0) is 6.54 Å². The summed E-state index contributed by atoms with van der Waals surface area (Å²) in [6.45, 7) is 2.51. The van der Waals surface area contributed by atoms with Crippen LogP contribution in [-0.4, -0.2) is 9.78 Å². The molecule has 0 bridgehead atoms. The first-order valence-corrected chi connectivity index (χ1v) is 3.97. The van der Waals surface area contributed by atoms with Crippen molar-refractivity contribution in [3.63, 3.8) is 0 Å². The number of rotatable bonds is 2. The minimum atomic E-state index is 0.541. The summed E-state index contributed by atoms with van der Waals surface area (Å²) in [4.78, 5) is 0. The van der Waals surface area contributed by atoms with Crippen molar-refractivity contribution >= 4 is 23.2 Å². The Morgan fingerprint density at radius 2 is 2.55 bits per heavy atom. The number of aromatic nitrogens is 2. The number of aryl methyl sites for hydroxylation is 1. The van der Waals surface area contributed by atoms with Crippen molar-refractivity contribution in [2.45, 2.75) is 13.5 Å². The lowest BCUT2D eigenvalue weighted by molar-refractivity contribution is 0.695. The third kappa shape index (κ3) is 2.56. The van der Waals surface area contributed by atoms with E-state index >= 15 is 0 Å². The molecule has 0 amide bonds. The maximum atomic E-state index is 5.68. The van der Waals surface area contributed by atoms with Crippen LogP contribution in [0.1, 0.15) is 5.56 Å². The van der Waals surface area contributed by atoms with Gasteiger partial charge in [-0.2, -0.15) is 5.10 Å². The van der Waals surface area contributed by atoms with Crippen LogP contribution in [0.25, 0.3) is 0 Å². The van der Waals surface area contributed by atoms with Gasteiger partial charge in [0.1, 0.15) is 0 Å². The molecule has 1 aromatic rings. The van der Waals surface area contributed by atoms with Gasteiger partial charge in [-0.05, 0) is 12.5 Å². The third-order valence-corrected chi connectivity index (χ3v) is 1.80. The van der Waals surface area contributed by atoms with Crippen LogP contribution in [0.15, 0.2) is 23.0 Å². The Morgan fingerprint density at radius 3 is 3.00 bits per heavy atom. The molecule has 0 radical (unpaired) electrons. The van der Waals surface area contributed by atoms with Gasteiger partial charge >= 0.3 is 0 Å². The number of allylic oxidation sites excluding steroid dienone is 1. The zero-order chi connectivity index (χ0) is 8.27. The summed E-state index contributed by atoms with van der Waals surface area (Å²) in [6, 6.07) is 0. The Hall–Kier alpha value is -0.470. The van der Waals surface area contributed by atoms with Gasteiger partial charge < -0.3 is 0 Å². The van der Waals surface area contributed by atoms with E-state index in [1.54, 1.807) is 10.9 Å². The molecule has 1 aromatic heterocycles. The number of hydrogen-bond acceptors (Lipinski definition) is 1. The Balaban J connectivity index is 2.65. The van der Waals surface area contributed by atoms with Crippen molar-refractivity contribution in [1.82, 2.24) is 9.78 Å². The van der Waals surface area contributed by atoms with E-state index in [0.717, 1.165) is 5.56 Å². The first kappa shape index (κ1) is 8.62. The van der Waals surface area contributed by atoms with E-state index in [1.807, 2.05) is 13.1 Å². The van der Waals surface area contributed by atoms with Crippen molar-refractivity contribution < 1.29 is 0 Å². The lowest BCUT2D eigenvalue weighted by atomic mass is 10.4. The SMILES string of the molecule is Cc1cnn(C/C(Cl)=C/Cl)c1. The predicted octanol–water partition coefficient (Wildman–Crippen LogP) is 2.51. The topological polar surface area (TPSA) is 17.8 Å². The second-order valence-electron chi connectivity index (χ2n) is 2.27. The molecule has 1 rings (SSSR count). The monoisotopic (exact) mass is 190 g/mol. The molecule has 4 heteroatoms. The molecule has 0 N–H and O–H groups in total. The average Bonchev–Trinajstić information content (AvgIpc) is 2.35. The summed E-state index contributed by atoms with van der Waals surface area (Å²) in [5, 5.41) is 4.61. The molecule has 0 saturated carbocycles. The van der Waals surface area contributed by atoms with Crippen molar-refractivity contribution in [3.8, 4) is 0 Å². The summed E-state index contributed by atoms with van der Waals surface area (Å²) in [7, 11) is 0. The molecule has 0 aliphatic heterocycles. The van der Waals surface area contributed by atoms with E-state index in [-0.39, 0.29) is 0 Å². The van der Waals surface area contributed by atoms with E-state index in [2.05, 4.69) is 5.10 Å². The number of hydrogen-bond donors (Lipinski definition) is 0. The molecule has 2 nitrogen and oxygen atoms in total. The Kier molecular flexibility index (Phi) is 2.97. The van der Waals surface area contributed by atoms with Gasteiger partial charge in [-0.3, -0.25) is 4.68 Å². The van der Waals surface area contributed by atoms with Gasteiger partial charge in [0.2, 0.25) is 0 Å². The minimum absolute atomic E-state index is 0.541. The summed E-state index contributed by atoms with van der Waals surface area (Å²) < 4.78 is 1.73. The summed E-state index contributed by atoms with van der Waals surface area (Å²) in [5.41, 5.74) is 2.46. The summed E-state index contributed by atoms with van der Waals surface area (Å²) in [5.74, 6) is 0. The standard InChI is InChI=1S/C7H8Cl2N2/c1-6-3-10-11(4-6)5-7(9)2-8/h2-4H,5H2,1H3/b7-2-. The normalized spacial score (nSPS) is 12.1. The Labute approximate surface area is 75.4 Å². The van der Waals surface area contributed by atoms with Crippen molar-refractivity contribution in [2.24, 2.45) is 0 Å². The van der Waals surface area contributed by atoms with Gasteiger partial charge in [0.15, 0.2) is 0 Å².